The van der Waals surface area contributed by atoms with Gasteiger partial charge in [0, 0.05) is 12.1 Å². The third kappa shape index (κ3) is 2.45. The Bertz CT molecular complexity index is 570. The lowest BCUT2D eigenvalue weighted by Crippen LogP contribution is -2.06. The molecule has 0 radical (unpaired) electrons. The lowest BCUT2D eigenvalue weighted by Gasteiger charge is -2.08. The van der Waals surface area contributed by atoms with Gasteiger partial charge in [-0.2, -0.15) is 0 Å². The molecule has 1 aromatic carbocycles. The lowest BCUT2D eigenvalue weighted by molar-refractivity contribution is 0.606. The molecular weight excluding hydrogens is 236 g/mol. The quantitative estimate of drug-likeness (QED) is 0.908. The van der Waals surface area contributed by atoms with Crippen molar-refractivity contribution in [2.24, 2.45) is 0 Å². The van der Waals surface area contributed by atoms with Crippen LogP contribution in [0, 0.1) is 18.6 Å². The summed E-state index contributed by atoms with van der Waals surface area (Å²) in [6.07, 6.45) is 0. The number of nitrogens with zero attached hydrogens (tertiary/aromatic N) is 2. The molecule has 94 valence electrons. The number of rotatable bonds is 3. The molecule has 0 saturated carbocycles. The second kappa shape index (κ2) is 5.08. The van der Waals surface area contributed by atoms with Crippen molar-refractivity contribution in [3.63, 3.8) is 0 Å². The van der Waals surface area contributed by atoms with Gasteiger partial charge in [-0.15, -0.1) is 0 Å². The smallest absolute Gasteiger partial charge is 0.186 e. The van der Waals surface area contributed by atoms with Gasteiger partial charge in [0.1, 0.15) is 5.82 Å². The van der Waals surface area contributed by atoms with E-state index in [1.807, 2.05) is 6.92 Å². The maximum absolute atomic E-state index is 13.7. The van der Waals surface area contributed by atoms with Gasteiger partial charge in [0.05, 0.1) is 5.69 Å². The molecule has 18 heavy (non-hydrogen) atoms. The van der Waals surface area contributed by atoms with Gasteiger partial charge in [0.25, 0.3) is 0 Å². The number of aryl methyl sites for hydroxylation is 1. The maximum atomic E-state index is 13.7. The average Bonchev–Trinajstić information content (AvgIpc) is 2.35. The topological polar surface area (TPSA) is 37.8 Å². The summed E-state index contributed by atoms with van der Waals surface area (Å²) in [7, 11) is 0. The van der Waals surface area contributed by atoms with Gasteiger partial charge in [-0.3, -0.25) is 0 Å². The van der Waals surface area contributed by atoms with Gasteiger partial charge in [-0.05, 0) is 26.0 Å². The van der Waals surface area contributed by atoms with Crippen LogP contribution in [-0.2, 0) is 0 Å². The molecular formula is C13H13F2N3. The van der Waals surface area contributed by atoms with E-state index in [-0.39, 0.29) is 17.3 Å². The average molecular weight is 249 g/mol. The molecule has 0 bridgehead atoms. The first-order valence-electron chi connectivity index (χ1n) is 5.65. The summed E-state index contributed by atoms with van der Waals surface area (Å²) in [4.78, 5) is 8.10. The van der Waals surface area contributed by atoms with E-state index in [2.05, 4.69) is 15.3 Å². The van der Waals surface area contributed by atoms with Gasteiger partial charge in [0.2, 0.25) is 0 Å². The van der Waals surface area contributed by atoms with Crippen LogP contribution in [0.5, 0.6) is 0 Å². The Kier molecular flexibility index (Phi) is 3.50. The van der Waals surface area contributed by atoms with Crippen molar-refractivity contribution >= 4 is 5.82 Å². The van der Waals surface area contributed by atoms with Crippen LogP contribution in [0.15, 0.2) is 24.3 Å². The van der Waals surface area contributed by atoms with Crippen molar-refractivity contribution in [3.05, 3.63) is 41.6 Å². The van der Waals surface area contributed by atoms with E-state index in [9.17, 15) is 8.78 Å². The van der Waals surface area contributed by atoms with Crippen LogP contribution >= 0.6 is 0 Å². The Morgan fingerprint density at radius 1 is 1.22 bits per heavy atom. The third-order valence-corrected chi connectivity index (χ3v) is 2.44. The summed E-state index contributed by atoms with van der Waals surface area (Å²) in [6.45, 7) is 3.95. The Morgan fingerprint density at radius 2 is 2.00 bits per heavy atom. The zero-order valence-electron chi connectivity index (χ0n) is 10.2. The molecule has 1 N–H and O–H groups in total. The number of hydrogen-bond acceptors (Lipinski definition) is 3. The molecule has 0 saturated heterocycles. The summed E-state index contributed by atoms with van der Waals surface area (Å²) in [5.41, 5.74) is 0.762. The Labute approximate surface area is 104 Å². The fraction of sp³-hybridized carbons (Fsp3) is 0.231. The number of anilines is 1. The van der Waals surface area contributed by atoms with Crippen molar-refractivity contribution < 1.29 is 8.78 Å². The molecule has 0 atom stereocenters. The van der Waals surface area contributed by atoms with Crippen molar-refractivity contribution in [1.29, 1.82) is 0 Å². The molecule has 5 heteroatoms. The van der Waals surface area contributed by atoms with Crippen LogP contribution < -0.4 is 5.32 Å². The predicted octanol–water partition coefficient (Wildman–Crippen LogP) is 3.16. The van der Waals surface area contributed by atoms with Crippen LogP contribution in [0.1, 0.15) is 12.6 Å². The first-order valence-corrected chi connectivity index (χ1v) is 5.65. The van der Waals surface area contributed by atoms with E-state index < -0.39 is 5.82 Å². The Morgan fingerprint density at radius 3 is 2.67 bits per heavy atom. The highest BCUT2D eigenvalue weighted by Gasteiger charge is 2.12. The monoisotopic (exact) mass is 249 g/mol. The highest BCUT2D eigenvalue weighted by Crippen LogP contribution is 2.21. The Hall–Kier alpha value is -2.04. The standard InChI is InChI=1S/C13H13F2N3/c1-3-16-13-11(15)8(2)17-12(18-13)9-5-4-6-10(14)7-9/h4-7H,3H2,1-2H3,(H,16,17,18). The normalized spacial score (nSPS) is 10.4. The van der Waals surface area contributed by atoms with E-state index in [1.165, 1.54) is 12.1 Å². The van der Waals surface area contributed by atoms with Crippen LogP contribution in [-0.4, -0.2) is 16.5 Å². The van der Waals surface area contributed by atoms with E-state index in [0.717, 1.165) is 0 Å². The third-order valence-electron chi connectivity index (χ3n) is 2.44. The number of hydrogen-bond donors (Lipinski definition) is 1. The maximum Gasteiger partial charge on any atom is 0.186 e. The van der Waals surface area contributed by atoms with Gasteiger partial charge in [0.15, 0.2) is 17.5 Å². The predicted molar refractivity (Wildman–Crippen MR) is 66.3 cm³/mol. The molecule has 0 aliphatic rings. The van der Waals surface area contributed by atoms with E-state index in [4.69, 9.17) is 0 Å². The van der Waals surface area contributed by atoms with Crippen molar-refractivity contribution in [2.45, 2.75) is 13.8 Å². The molecule has 1 aromatic heterocycles. The Balaban J connectivity index is 2.51. The minimum atomic E-state index is -0.475. The zero-order chi connectivity index (χ0) is 13.1. The number of halogens is 2. The second-order valence-corrected chi connectivity index (χ2v) is 3.84. The minimum absolute atomic E-state index is 0.143. The second-order valence-electron chi connectivity index (χ2n) is 3.84. The van der Waals surface area contributed by atoms with Crippen molar-refractivity contribution in [2.75, 3.05) is 11.9 Å². The molecule has 0 fully saturated rings. The largest absolute Gasteiger partial charge is 0.368 e. The SMILES string of the molecule is CCNc1nc(-c2cccc(F)c2)nc(C)c1F. The van der Waals surface area contributed by atoms with Crippen LogP contribution in [0.25, 0.3) is 11.4 Å². The van der Waals surface area contributed by atoms with Crippen LogP contribution in [0.3, 0.4) is 0 Å². The first kappa shape index (κ1) is 12.4. The number of aromatic nitrogens is 2. The van der Waals surface area contributed by atoms with Crippen molar-refractivity contribution in [1.82, 2.24) is 9.97 Å². The fourth-order valence-electron chi connectivity index (χ4n) is 1.60. The summed E-state index contributed by atoms with van der Waals surface area (Å²) < 4.78 is 26.8. The summed E-state index contributed by atoms with van der Waals surface area (Å²) >= 11 is 0. The highest BCUT2D eigenvalue weighted by atomic mass is 19.1. The molecule has 0 aliphatic heterocycles. The van der Waals surface area contributed by atoms with Crippen LogP contribution in [0.4, 0.5) is 14.6 Å². The van der Waals surface area contributed by atoms with E-state index in [1.54, 1.807) is 19.1 Å². The van der Waals surface area contributed by atoms with Crippen molar-refractivity contribution in [3.8, 4) is 11.4 Å². The first-order chi connectivity index (χ1) is 8.61. The molecule has 0 aliphatic carbocycles. The van der Waals surface area contributed by atoms with Gasteiger partial charge in [-0.25, -0.2) is 18.7 Å². The van der Waals surface area contributed by atoms with E-state index in [0.29, 0.717) is 17.9 Å². The molecule has 0 spiro atoms. The van der Waals surface area contributed by atoms with Gasteiger partial charge in [-0.1, -0.05) is 12.1 Å². The summed E-state index contributed by atoms with van der Waals surface area (Å²) in [6, 6.07) is 5.92. The highest BCUT2D eigenvalue weighted by molar-refractivity contribution is 5.57. The van der Waals surface area contributed by atoms with E-state index >= 15 is 0 Å². The lowest BCUT2D eigenvalue weighted by atomic mass is 10.2. The molecule has 1 heterocycles. The van der Waals surface area contributed by atoms with Gasteiger partial charge < -0.3 is 5.32 Å². The molecule has 2 aromatic rings. The van der Waals surface area contributed by atoms with Gasteiger partial charge >= 0.3 is 0 Å². The van der Waals surface area contributed by atoms with Crippen LogP contribution in [0.2, 0.25) is 0 Å². The summed E-state index contributed by atoms with van der Waals surface area (Å²) in [5, 5.41) is 2.82. The summed E-state index contributed by atoms with van der Waals surface area (Å²) in [5.74, 6) is -0.395. The fourth-order valence-corrected chi connectivity index (χ4v) is 1.60. The zero-order valence-corrected chi connectivity index (χ0v) is 10.2. The molecule has 2 rings (SSSR count). The molecule has 0 amide bonds. The molecule has 3 nitrogen and oxygen atoms in total. The number of benzene rings is 1. The number of nitrogens with one attached hydrogen (secondary N) is 1. The molecule has 0 unspecified atom stereocenters. The minimum Gasteiger partial charge on any atom is -0.368 e.